The molecular weight excluding hydrogens is 239 g/mol. The maximum atomic E-state index is 5.68. The van der Waals surface area contributed by atoms with Crippen LogP contribution >= 0.6 is 28.3 Å². The molecule has 0 aliphatic heterocycles. The smallest absolute Gasteiger partial charge is 0.0494 e. The first-order chi connectivity index (χ1) is 5.24. The van der Waals surface area contributed by atoms with E-state index in [4.69, 9.17) is 5.73 Å². The van der Waals surface area contributed by atoms with E-state index in [2.05, 4.69) is 27.5 Å². The minimum Gasteiger partial charge on any atom is -0.321 e. The van der Waals surface area contributed by atoms with Crippen LogP contribution in [0.2, 0.25) is 0 Å². The third-order valence-electron chi connectivity index (χ3n) is 1.36. The van der Waals surface area contributed by atoms with Crippen molar-refractivity contribution in [2.24, 2.45) is 5.73 Å². The maximum absolute atomic E-state index is 5.68. The van der Waals surface area contributed by atoms with E-state index in [0.29, 0.717) is 0 Å². The van der Waals surface area contributed by atoms with E-state index in [9.17, 15) is 0 Å². The number of nitrogens with two attached hydrogens (primary N) is 1. The Kier molecular flexibility index (Phi) is 5.13. The van der Waals surface area contributed by atoms with Crippen molar-refractivity contribution in [2.75, 3.05) is 0 Å². The van der Waals surface area contributed by atoms with Gasteiger partial charge in [0.1, 0.15) is 0 Å². The summed E-state index contributed by atoms with van der Waals surface area (Å²) < 4.78 is 0.937. The van der Waals surface area contributed by atoms with E-state index in [1.807, 2.05) is 6.07 Å². The summed E-state index contributed by atoms with van der Waals surface area (Å²) in [7, 11) is 0. The summed E-state index contributed by atoms with van der Waals surface area (Å²) in [5, 5.41) is 0. The summed E-state index contributed by atoms with van der Waals surface area (Å²) in [4.78, 5) is 3.98. The van der Waals surface area contributed by atoms with Gasteiger partial charge in [0.25, 0.3) is 0 Å². The quantitative estimate of drug-likeness (QED) is 0.818. The first kappa shape index (κ1) is 11.6. The Morgan fingerprint density at radius 2 is 2.25 bits per heavy atom. The van der Waals surface area contributed by atoms with E-state index in [1.54, 1.807) is 18.5 Å². The molecule has 1 heterocycles. The minimum atomic E-state index is -0.125. The van der Waals surface area contributed by atoms with Gasteiger partial charge in [-0.1, -0.05) is 6.08 Å². The van der Waals surface area contributed by atoms with Gasteiger partial charge in [0.05, 0.1) is 0 Å². The zero-order chi connectivity index (χ0) is 8.27. The van der Waals surface area contributed by atoms with Crippen LogP contribution in [-0.4, -0.2) is 4.98 Å². The molecule has 4 heteroatoms. The second-order valence-corrected chi connectivity index (χ2v) is 3.11. The van der Waals surface area contributed by atoms with Gasteiger partial charge >= 0.3 is 0 Å². The van der Waals surface area contributed by atoms with Crippen molar-refractivity contribution < 1.29 is 0 Å². The molecule has 0 aliphatic rings. The summed E-state index contributed by atoms with van der Waals surface area (Å²) in [5.74, 6) is 0. The molecule has 1 rings (SSSR count). The van der Waals surface area contributed by atoms with Gasteiger partial charge in [0.15, 0.2) is 0 Å². The number of hydrogen-bond acceptors (Lipinski definition) is 2. The molecule has 1 aromatic heterocycles. The average Bonchev–Trinajstić information content (AvgIpc) is 2.03. The number of aromatic nitrogens is 1. The lowest BCUT2D eigenvalue weighted by Gasteiger charge is -2.04. The third kappa shape index (κ3) is 2.93. The highest BCUT2D eigenvalue weighted by Gasteiger charge is 2.00. The molecule has 0 amide bonds. The lowest BCUT2D eigenvalue weighted by atomic mass is 10.1. The number of hydrogen-bond donors (Lipinski definition) is 1. The van der Waals surface area contributed by atoms with Gasteiger partial charge in [-0.25, -0.2) is 0 Å². The predicted octanol–water partition coefficient (Wildman–Crippen LogP) is 2.45. The highest BCUT2D eigenvalue weighted by atomic mass is 79.9. The second-order valence-electron chi connectivity index (χ2n) is 2.20. The van der Waals surface area contributed by atoms with E-state index < -0.39 is 0 Å². The van der Waals surface area contributed by atoms with Gasteiger partial charge in [0, 0.05) is 22.9 Å². The van der Waals surface area contributed by atoms with Crippen molar-refractivity contribution in [3.8, 4) is 0 Å². The highest BCUT2D eigenvalue weighted by Crippen LogP contribution is 2.14. The van der Waals surface area contributed by atoms with Crippen LogP contribution in [0.4, 0.5) is 0 Å². The van der Waals surface area contributed by atoms with Crippen LogP contribution in [0.3, 0.4) is 0 Å². The van der Waals surface area contributed by atoms with Crippen molar-refractivity contribution in [1.29, 1.82) is 0 Å². The molecule has 0 saturated heterocycles. The Bertz CT molecular complexity index is 265. The summed E-state index contributed by atoms with van der Waals surface area (Å²) in [6.07, 6.45) is 5.14. The van der Waals surface area contributed by atoms with Crippen LogP contribution in [0, 0.1) is 0 Å². The molecule has 0 aromatic carbocycles. The normalized spacial score (nSPS) is 11.5. The summed E-state index contributed by atoms with van der Waals surface area (Å²) in [5.41, 5.74) is 6.65. The molecule has 12 heavy (non-hydrogen) atoms. The predicted molar refractivity (Wildman–Crippen MR) is 56.3 cm³/mol. The van der Waals surface area contributed by atoms with Gasteiger partial charge in [-0.15, -0.1) is 19.0 Å². The molecule has 0 radical (unpaired) electrons. The number of pyridine rings is 1. The summed E-state index contributed by atoms with van der Waals surface area (Å²) in [6, 6.07) is 1.80. The lowest BCUT2D eigenvalue weighted by Crippen LogP contribution is -2.06. The first-order valence-electron chi connectivity index (χ1n) is 3.22. The molecule has 0 aliphatic carbocycles. The Balaban J connectivity index is 0.00000121. The number of nitrogens with zero attached hydrogens (tertiary/aromatic N) is 1. The molecule has 66 valence electrons. The summed E-state index contributed by atoms with van der Waals surface area (Å²) >= 11 is 3.31. The zero-order valence-corrected chi connectivity index (χ0v) is 8.81. The second kappa shape index (κ2) is 5.30. The lowest BCUT2D eigenvalue weighted by molar-refractivity contribution is 0.902. The molecule has 0 unspecified atom stereocenters. The Morgan fingerprint density at radius 3 is 2.75 bits per heavy atom. The van der Waals surface area contributed by atoms with Crippen molar-refractivity contribution in [3.05, 3.63) is 41.2 Å². The Hall–Kier alpha value is -0.380. The van der Waals surface area contributed by atoms with Crippen molar-refractivity contribution in [3.63, 3.8) is 0 Å². The fourth-order valence-corrected chi connectivity index (χ4v) is 1.13. The van der Waals surface area contributed by atoms with Gasteiger partial charge in [-0.2, -0.15) is 0 Å². The zero-order valence-electron chi connectivity index (χ0n) is 6.40. The van der Waals surface area contributed by atoms with Gasteiger partial charge in [0.2, 0.25) is 0 Å². The number of rotatable bonds is 2. The van der Waals surface area contributed by atoms with Crippen LogP contribution in [0.5, 0.6) is 0 Å². The molecule has 1 aromatic rings. The Morgan fingerprint density at radius 1 is 1.58 bits per heavy atom. The van der Waals surface area contributed by atoms with Crippen molar-refractivity contribution in [2.45, 2.75) is 6.04 Å². The first-order valence-corrected chi connectivity index (χ1v) is 4.02. The number of halogens is 2. The molecule has 0 spiro atoms. The molecule has 2 nitrogen and oxygen atoms in total. The minimum absolute atomic E-state index is 0. The molecule has 0 fully saturated rings. The van der Waals surface area contributed by atoms with Crippen LogP contribution < -0.4 is 5.73 Å². The van der Waals surface area contributed by atoms with Gasteiger partial charge in [-0.05, 0) is 27.6 Å². The van der Waals surface area contributed by atoms with Crippen LogP contribution in [0.1, 0.15) is 11.6 Å². The summed E-state index contributed by atoms with van der Waals surface area (Å²) in [6.45, 7) is 3.60. The standard InChI is InChI=1S/C8H9BrN2.ClH/c1-2-8(10)6-3-7(9)5-11-4-6;/h2-5,8H,1,10H2;1H/t8-;/m0./s1. The monoisotopic (exact) mass is 248 g/mol. The van der Waals surface area contributed by atoms with Crippen LogP contribution in [0.15, 0.2) is 35.6 Å². The average molecular weight is 250 g/mol. The van der Waals surface area contributed by atoms with E-state index in [1.165, 1.54) is 0 Å². The van der Waals surface area contributed by atoms with Gasteiger partial charge in [-0.3, -0.25) is 4.98 Å². The molecular formula is C8H10BrClN2. The largest absolute Gasteiger partial charge is 0.321 e. The van der Waals surface area contributed by atoms with Gasteiger partial charge < -0.3 is 5.73 Å². The van der Waals surface area contributed by atoms with E-state index in [0.717, 1.165) is 10.0 Å². The molecule has 1 atom stereocenters. The topological polar surface area (TPSA) is 38.9 Å². The third-order valence-corrected chi connectivity index (χ3v) is 1.80. The fraction of sp³-hybridized carbons (Fsp3) is 0.125. The molecule has 0 saturated carbocycles. The highest BCUT2D eigenvalue weighted by molar-refractivity contribution is 9.10. The maximum Gasteiger partial charge on any atom is 0.0494 e. The van der Waals surface area contributed by atoms with Crippen molar-refractivity contribution in [1.82, 2.24) is 4.98 Å². The van der Waals surface area contributed by atoms with Crippen molar-refractivity contribution >= 4 is 28.3 Å². The fourth-order valence-electron chi connectivity index (χ4n) is 0.747. The van der Waals surface area contributed by atoms with Crippen LogP contribution in [-0.2, 0) is 0 Å². The molecule has 2 N–H and O–H groups in total. The SMILES string of the molecule is C=C[C@H](N)c1cncc(Br)c1.Cl. The molecule has 0 bridgehead atoms. The Labute approximate surface area is 86.4 Å². The van der Waals surface area contributed by atoms with Crippen LogP contribution in [0.25, 0.3) is 0 Å². The van der Waals surface area contributed by atoms with E-state index in [-0.39, 0.29) is 18.4 Å². The van der Waals surface area contributed by atoms with E-state index >= 15 is 0 Å².